The van der Waals surface area contributed by atoms with Gasteiger partial charge in [0.05, 0.1) is 40.5 Å². The van der Waals surface area contributed by atoms with Crippen LogP contribution in [0.1, 0.15) is 110 Å². The number of ketones is 4. The van der Waals surface area contributed by atoms with E-state index in [1.165, 1.54) is 7.05 Å². The molecule has 2 bridgehead atoms. The number of carbonyl (C=O) groups is 9. The highest BCUT2D eigenvalue weighted by molar-refractivity contribution is 7.99. The monoisotopic (exact) mass is 1400 g/mol. The van der Waals surface area contributed by atoms with Crippen molar-refractivity contribution in [3.05, 3.63) is 23.3 Å². The van der Waals surface area contributed by atoms with Crippen molar-refractivity contribution in [1.82, 2.24) is 31.9 Å². The number of hydrogen-bond acceptors (Lipinski definition) is 18. The van der Waals surface area contributed by atoms with Gasteiger partial charge < -0.3 is 101 Å². The molecule has 1 aromatic carbocycles. The molecule has 8 atom stereocenters. The smallest absolute Gasteiger partial charge is 0.243 e. The number of nitrogens with zero attached hydrogens (tertiary/aromatic N) is 6. The Morgan fingerprint density at radius 1 is 0.510 bits per heavy atom. The zero-order valence-electron chi connectivity index (χ0n) is 54.3. The molecule has 2 aliphatic heterocycles. The minimum Gasteiger partial charge on any atom is -0.370 e. The highest BCUT2D eigenvalue weighted by atomic mass is 32.2. The fourth-order valence-corrected chi connectivity index (χ4v) is 11.6. The Hall–Kier alpha value is -8.75. The number of nitrogens with two attached hydrogens (primary N) is 12. The summed E-state index contributed by atoms with van der Waals surface area (Å²) in [5.41, 5.74) is 66.6. The third-order valence-corrected chi connectivity index (χ3v) is 17.1. The summed E-state index contributed by atoms with van der Waals surface area (Å²) in [6.07, 6.45) is -2.48. The van der Waals surface area contributed by atoms with Crippen LogP contribution in [0.4, 0.5) is 17.6 Å². The Bertz CT molecular complexity index is 2960. The van der Waals surface area contributed by atoms with E-state index in [1.54, 1.807) is 13.8 Å². The van der Waals surface area contributed by atoms with Gasteiger partial charge in [0.25, 0.3) is 0 Å². The molecule has 0 radical (unpaired) electrons. The average molecular weight is 1400 g/mol. The van der Waals surface area contributed by atoms with Crippen molar-refractivity contribution in [3.63, 3.8) is 0 Å². The maximum Gasteiger partial charge on any atom is 0.243 e. The molecular formula is C57H96F4N24O9S2. The first-order valence-corrected chi connectivity index (χ1v) is 33.0. The Balaban J connectivity index is 2.97. The van der Waals surface area contributed by atoms with Crippen LogP contribution in [0.15, 0.2) is 39.7 Å². The molecule has 0 saturated heterocycles. The van der Waals surface area contributed by atoms with Gasteiger partial charge in [-0.25, -0.2) is 17.6 Å². The fraction of sp³-hybridized carbons (Fsp3) is 0.632. The second-order valence-corrected chi connectivity index (χ2v) is 24.8. The summed E-state index contributed by atoms with van der Waals surface area (Å²) >= 11 is 0.282. The van der Waals surface area contributed by atoms with Crippen LogP contribution in [0.25, 0.3) is 0 Å². The van der Waals surface area contributed by atoms with Gasteiger partial charge in [0.15, 0.2) is 82.2 Å². The number of hydrogen-bond donors (Lipinski definition) is 18. The molecule has 2 heterocycles. The highest BCUT2D eigenvalue weighted by Crippen LogP contribution is 2.37. The number of Topliss-reactive ketones (excluding diaryl/α,β-unsaturated/α-hetero) is 4. The molecule has 0 spiro atoms. The SMILES string of the molecule is CNC1CSc2c(F)c(F)c(c(F)c2F)SCC(C(=O)CC(CCCN=C(N)N)C(=O)NC(CCCN=C(N)N)C(=O)CC(CCCN=C(N)N)C(=O)NCC(=O)C(C)C)NC(=O)C(CCCN=C(N)N)CC(=O)C(CCCN=C(N)N)NC(=O)C(CCCN=C(N)N)NC1=O. The zero-order chi connectivity index (χ0) is 72.2. The maximum atomic E-state index is 16.3. The molecule has 39 heteroatoms. The summed E-state index contributed by atoms with van der Waals surface area (Å²) < 4.78 is 65.0. The van der Waals surface area contributed by atoms with Crippen LogP contribution in [-0.4, -0.2) is 183 Å². The number of thioether (sulfide) groups is 2. The van der Waals surface area contributed by atoms with Gasteiger partial charge in [-0.3, -0.25) is 73.1 Å². The van der Waals surface area contributed by atoms with Crippen molar-refractivity contribution >= 4 is 112 Å². The van der Waals surface area contributed by atoms with E-state index in [-0.39, 0.29) is 188 Å². The minimum absolute atomic E-state index is 0.000900. The molecule has 538 valence electrons. The number of benzene rings is 1. The number of guanidine groups is 6. The second kappa shape index (κ2) is 44.1. The normalized spacial score (nSPS) is 18.1. The molecule has 0 aliphatic carbocycles. The molecule has 0 aromatic heterocycles. The summed E-state index contributed by atoms with van der Waals surface area (Å²) in [4.78, 5) is 150. The van der Waals surface area contributed by atoms with Crippen LogP contribution in [0.5, 0.6) is 0 Å². The van der Waals surface area contributed by atoms with Crippen LogP contribution < -0.4 is 101 Å². The zero-order valence-corrected chi connectivity index (χ0v) is 55.9. The quantitative estimate of drug-likeness (QED) is 0.0100. The first kappa shape index (κ1) is 83.3. The van der Waals surface area contributed by atoms with E-state index in [9.17, 15) is 38.4 Å². The lowest BCUT2D eigenvalue weighted by Crippen LogP contribution is -2.55. The van der Waals surface area contributed by atoms with Crippen molar-refractivity contribution in [2.24, 2.45) is 122 Å². The number of likely N-dealkylation sites (N-methyl/N-ethyl adjacent to an activating group) is 1. The fourth-order valence-electron chi connectivity index (χ4n) is 9.51. The minimum atomic E-state index is -1.92. The molecule has 3 rings (SSSR count). The van der Waals surface area contributed by atoms with Crippen LogP contribution in [0.2, 0.25) is 0 Å². The van der Waals surface area contributed by atoms with E-state index in [1.807, 2.05) is 0 Å². The van der Waals surface area contributed by atoms with Crippen LogP contribution in [-0.2, 0) is 43.2 Å². The lowest BCUT2D eigenvalue weighted by atomic mass is 9.89. The van der Waals surface area contributed by atoms with Crippen molar-refractivity contribution in [2.45, 2.75) is 150 Å². The molecule has 5 amide bonds. The summed E-state index contributed by atoms with van der Waals surface area (Å²) in [5, 5.41) is 15.6. The van der Waals surface area contributed by atoms with Gasteiger partial charge in [-0.1, -0.05) is 13.8 Å². The predicted octanol–water partition coefficient (Wildman–Crippen LogP) is -3.64. The summed E-state index contributed by atoms with van der Waals surface area (Å²) in [6.45, 7) is 2.68. The van der Waals surface area contributed by atoms with Crippen LogP contribution in [0, 0.1) is 46.9 Å². The Morgan fingerprint density at radius 2 is 0.927 bits per heavy atom. The molecule has 33 nitrogen and oxygen atoms in total. The lowest BCUT2D eigenvalue weighted by molar-refractivity contribution is -0.136. The third-order valence-electron chi connectivity index (χ3n) is 14.8. The van der Waals surface area contributed by atoms with Gasteiger partial charge in [-0.2, -0.15) is 0 Å². The van der Waals surface area contributed by atoms with E-state index in [0.717, 1.165) is 0 Å². The molecule has 2 aliphatic rings. The Morgan fingerprint density at radius 3 is 1.39 bits per heavy atom. The Labute approximate surface area is 562 Å². The topological polar surface area (TPSA) is 612 Å². The van der Waals surface area contributed by atoms with Crippen molar-refractivity contribution in [3.8, 4) is 0 Å². The molecular weight excluding hydrogens is 1300 g/mol. The summed E-state index contributed by atoms with van der Waals surface area (Å²) in [7, 11) is 1.29. The molecule has 1 aromatic rings. The summed E-state index contributed by atoms with van der Waals surface area (Å²) in [6, 6.07) is -7.61. The van der Waals surface area contributed by atoms with E-state index in [4.69, 9.17) is 68.8 Å². The number of aliphatic imine (C=N–C) groups is 6. The van der Waals surface area contributed by atoms with Crippen molar-refractivity contribution in [1.29, 1.82) is 0 Å². The van der Waals surface area contributed by atoms with Gasteiger partial charge >= 0.3 is 0 Å². The lowest BCUT2D eigenvalue weighted by Gasteiger charge is -2.27. The highest BCUT2D eigenvalue weighted by Gasteiger charge is 2.37. The third kappa shape index (κ3) is 31.7. The number of halogens is 4. The number of fused-ring (bicyclic) bond motifs is 18. The van der Waals surface area contributed by atoms with E-state index >= 15 is 22.4 Å². The number of rotatable bonds is 37. The molecule has 0 saturated carbocycles. The van der Waals surface area contributed by atoms with Gasteiger partial charge in [0, 0.05) is 93.7 Å². The largest absolute Gasteiger partial charge is 0.370 e. The van der Waals surface area contributed by atoms with E-state index in [0.29, 0.717) is 0 Å². The van der Waals surface area contributed by atoms with Gasteiger partial charge in [0.1, 0.15) is 6.04 Å². The van der Waals surface area contributed by atoms with Crippen LogP contribution >= 0.6 is 23.5 Å². The maximum absolute atomic E-state index is 16.3. The van der Waals surface area contributed by atoms with Gasteiger partial charge in [-0.05, 0) is 84.1 Å². The average Bonchev–Trinajstić information content (AvgIpc) is 0.834. The second-order valence-electron chi connectivity index (χ2n) is 22.8. The molecule has 96 heavy (non-hydrogen) atoms. The van der Waals surface area contributed by atoms with Gasteiger partial charge in [-0.15, -0.1) is 23.5 Å². The number of carbonyl (C=O) groups excluding carboxylic acids is 9. The van der Waals surface area contributed by atoms with Crippen LogP contribution in [0.3, 0.4) is 0 Å². The van der Waals surface area contributed by atoms with Crippen molar-refractivity contribution < 1.29 is 60.7 Å². The number of nitrogens with one attached hydrogen (secondary N) is 6. The summed E-state index contributed by atoms with van der Waals surface area (Å²) in [5.74, 6) is -22.5. The van der Waals surface area contributed by atoms with Crippen molar-refractivity contribution in [2.75, 3.05) is 64.4 Å². The first-order valence-electron chi connectivity index (χ1n) is 31.0. The standard InChI is InChI=1S/C57H96F4N24O9S2/c1-28(2)40(89)25-81-47(90)29(10-4-16-75-52(62)63)22-37(86)32(13-7-19-78-55(68)69)82-48(91)31(12-6-18-77-54(66)67)24-39(88)35-26-95-45-41(58)43(60)46(44(61)42(45)59)96-27-36(74-3)51(94)84-34(15-9-21-80-57(72)73)50(93)83-33(14-8-20-79-56(70)71)38(87)23-30(49(92)85-35)11-5-17-76-53(64)65/h28-36,74H,4-27H2,1-3H3,(H,81,90)(H,82,91)(H,83,93)(H,84,94)(H,85,92)(H4,62,63,75)(H4,64,65,76)(H4,66,67,77)(H4,68,69,78)(H4,70,71,79)(H4,72,73,80). The first-order chi connectivity index (χ1) is 45.3. The molecule has 0 fully saturated rings. The molecule has 8 unspecified atom stereocenters. The van der Waals surface area contributed by atoms with E-state index < -0.39 is 165 Å². The number of amides is 5. The van der Waals surface area contributed by atoms with Gasteiger partial charge in [0.2, 0.25) is 29.5 Å². The predicted molar refractivity (Wildman–Crippen MR) is 360 cm³/mol. The Kier molecular flexibility index (Phi) is 38.3. The van der Waals surface area contributed by atoms with E-state index in [2.05, 4.69) is 61.9 Å². The molecule has 30 N–H and O–H groups in total.